The van der Waals surface area contributed by atoms with Gasteiger partial charge in [0.15, 0.2) is 0 Å². The van der Waals surface area contributed by atoms with Crippen LogP contribution in [0.25, 0.3) is 11.3 Å². The number of pyridine rings is 1. The van der Waals surface area contributed by atoms with Gasteiger partial charge in [-0.25, -0.2) is 9.78 Å². The average Bonchev–Trinajstić information content (AvgIpc) is 2.38. The van der Waals surface area contributed by atoms with Gasteiger partial charge in [0.05, 0.1) is 5.69 Å². The lowest BCUT2D eigenvalue weighted by atomic mass is 10.1. The quantitative estimate of drug-likeness (QED) is 0.917. The lowest BCUT2D eigenvalue weighted by Crippen LogP contribution is -2.01. The van der Waals surface area contributed by atoms with Crippen molar-refractivity contribution in [2.24, 2.45) is 0 Å². The monoisotopic (exact) mass is 261 g/mol. The van der Waals surface area contributed by atoms with Gasteiger partial charge in [-0.2, -0.15) is 0 Å². The van der Waals surface area contributed by atoms with Gasteiger partial charge in [-0.3, -0.25) is 0 Å². The fourth-order valence-corrected chi connectivity index (χ4v) is 1.87. The highest BCUT2D eigenvalue weighted by Crippen LogP contribution is 2.22. The molecular formula is C14H12ClNO2. The van der Waals surface area contributed by atoms with Crippen LogP contribution in [-0.2, 0) is 6.42 Å². The van der Waals surface area contributed by atoms with Gasteiger partial charge in [-0.15, -0.1) is 0 Å². The highest BCUT2D eigenvalue weighted by molar-refractivity contribution is 6.31. The van der Waals surface area contributed by atoms with Gasteiger partial charge < -0.3 is 5.11 Å². The largest absolute Gasteiger partial charge is 0.477 e. The fourth-order valence-electron chi connectivity index (χ4n) is 1.67. The van der Waals surface area contributed by atoms with Gasteiger partial charge in [0.1, 0.15) is 5.69 Å². The van der Waals surface area contributed by atoms with E-state index in [1.807, 2.05) is 24.3 Å². The summed E-state index contributed by atoms with van der Waals surface area (Å²) in [7, 11) is 0. The molecular weight excluding hydrogens is 250 g/mol. The maximum Gasteiger partial charge on any atom is 0.354 e. The van der Waals surface area contributed by atoms with Crippen molar-refractivity contribution in [1.29, 1.82) is 0 Å². The van der Waals surface area contributed by atoms with E-state index in [0.717, 1.165) is 12.0 Å². The molecule has 2 rings (SSSR count). The molecule has 0 amide bonds. The molecule has 0 unspecified atom stereocenters. The van der Waals surface area contributed by atoms with E-state index < -0.39 is 5.97 Å². The molecule has 2 aromatic rings. The van der Waals surface area contributed by atoms with Crippen LogP contribution >= 0.6 is 11.6 Å². The molecule has 0 radical (unpaired) electrons. The molecule has 1 aromatic carbocycles. The zero-order valence-corrected chi connectivity index (χ0v) is 10.6. The van der Waals surface area contributed by atoms with Gasteiger partial charge in [0.25, 0.3) is 0 Å². The summed E-state index contributed by atoms with van der Waals surface area (Å²) in [6.07, 6.45) is 0.962. The minimum absolute atomic E-state index is 0.0444. The number of rotatable bonds is 3. The molecule has 0 aliphatic heterocycles. The van der Waals surface area contributed by atoms with Gasteiger partial charge in [0.2, 0.25) is 0 Å². The number of aryl methyl sites for hydroxylation is 1. The number of aromatic nitrogens is 1. The van der Waals surface area contributed by atoms with Crippen LogP contribution in [0.1, 0.15) is 23.0 Å². The molecule has 1 heterocycles. The number of hydrogen-bond acceptors (Lipinski definition) is 2. The second kappa shape index (κ2) is 5.19. The van der Waals surface area contributed by atoms with E-state index in [-0.39, 0.29) is 5.69 Å². The van der Waals surface area contributed by atoms with Crippen molar-refractivity contribution < 1.29 is 9.90 Å². The molecule has 0 spiro atoms. The van der Waals surface area contributed by atoms with Crippen LogP contribution < -0.4 is 0 Å². The third kappa shape index (κ3) is 2.68. The zero-order chi connectivity index (χ0) is 13.1. The highest BCUT2D eigenvalue weighted by Gasteiger charge is 2.09. The molecule has 3 nitrogen and oxygen atoms in total. The van der Waals surface area contributed by atoms with Crippen molar-refractivity contribution in [2.45, 2.75) is 13.3 Å². The minimum atomic E-state index is -1.08. The van der Waals surface area contributed by atoms with E-state index >= 15 is 0 Å². The third-order valence-corrected chi connectivity index (χ3v) is 2.89. The highest BCUT2D eigenvalue weighted by atomic mass is 35.5. The Bertz CT molecular complexity index is 579. The van der Waals surface area contributed by atoms with Crippen molar-refractivity contribution in [3.05, 3.63) is 52.7 Å². The van der Waals surface area contributed by atoms with Crippen molar-refractivity contribution in [3.63, 3.8) is 0 Å². The van der Waals surface area contributed by atoms with E-state index in [0.29, 0.717) is 10.7 Å². The second-order valence-electron chi connectivity index (χ2n) is 3.91. The number of carboxylic acids is 1. The molecule has 92 valence electrons. The lowest BCUT2D eigenvalue weighted by Gasteiger charge is -2.04. The van der Waals surface area contributed by atoms with Crippen LogP contribution in [0, 0.1) is 0 Å². The summed E-state index contributed by atoms with van der Waals surface area (Å²) in [4.78, 5) is 15.0. The fraction of sp³-hybridized carbons (Fsp3) is 0.143. The van der Waals surface area contributed by atoms with E-state index in [1.165, 1.54) is 11.6 Å². The van der Waals surface area contributed by atoms with Crippen molar-refractivity contribution in [2.75, 3.05) is 0 Å². The predicted octanol–water partition coefficient (Wildman–Crippen LogP) is 3.66. The smallest absolute Gasteiger partial charge is 0.354 e. The van der Waals surface area contributed by atoms with Crippen LogP contribution in [0.5, 0.6) is 0 Å². The molecule has 0 aliphatic rings. The number of halogens is 1. The van der Waals surface area contributed by atoms with Gasteiger partial charge >= 0.3 is 5.97 Å². The van der Waals surface area contributed by atoms with Gasteiger partial charge in [0, 0.05) is 10.6 Å². The Labute approximate surface area is 110 Å². The predicted molar refractivity (Wildman–Crippen MR) is 71.0 cm³/mol. The number of hydrogen-bond donors (Lipinski definition) is 1. The Hall–Kier alpha value is -1.87. The Kier molecular flexibility index (Phi) is 3.63. The van der Waals surface area contributed by atoms with E-state index in [4.69, 9.17) is 16.7 Å². The summed E-state index contributed by atoms with van der Waals surface area (Å²) >= 11 is 5.90. The first-order chi connectivity index (χ1) is 8.60. The summed E-state index contributed by atoms with van der Waals surface area (Å²) in [6, 6.07) is 10.8. The topological polar surface area (TPSA) is 50.2 Å². The molecule has 0 saturated heterocycles. The number of carboxylic acid groups (broad SMARTS) is 1. The molecule has 0 fully saturated rings. The average molecular weight is 262 g/mol. The second-order valence-corrected chi connectivity index (χ2v) is 4.35. The first kappa shape index (κ1) is 12.6. The minimum Gasteiger partial charge on any atom is -0.477 e. The standard InChI is InChI=1S/C14H12ClNO2/c1-2-9-3-5-10(6-4-9)12-7-11(15)8-13(16-12)14(17)18/h3-8H,2H2,1H3,(H,17,18). The SMILES string of the molecule is CCc1ccc(-c2cc(Cl)cc(C(=O)O)n2)cc1. The van der Waals surface area contributed by atoms with E-state index in [2.05, 4.69) is 11.9 Å². The van der Waals surface area contributed by atoms with Crippen LogP contribution in [-0.4, -0.2) is 16.1 Å². The Morgan fingerprint density at radius 3 is 2.50 bits per heavy atom. The first-order valence-electron chi connectivity index (χ1n) is 5.60. The summed E-state index contributed by atoms with van der Waals surface area (Å²) in [5.41, 5.74) is 2.61. The molecule has 0 aliphatic carbocycles. The zero-order valence-electron chi connectivity index (χ0n) is 9.85. The molecule has 4 heteroatoms. The summed E-state index contributed by atoms with van der Waals surface area (Å²) in [5.74, 6) is -1.08. The van der Waals surface area contributed by atoms with E-state index in [1.54, 1.807) is 6.07 Å². The van der Waals surface area contributed by atoms with E-state index in [9.17, 15) is 4.79 Å². The Balaban J connectivity index is 2.46. The first-order valence-corrected chi connectivity index (χ1v) is 5.98. The Morgan fingerprint density at radius 2 is 1.94 bits per heavy atom. The molecule has 1 aromatic heterocycles. The van der Waals surface area contributed by atoms with Crippen molar-refractivity contribution in [1.82, 2.24) is 4.98 Å². The third-order valence-electron chi connectivity index (χ3n) is 2.67. The molecule has 1 N–H and O–H groups in total. The lowest BCUT2D eigenvalue weighted by molar-refractivity contribution is 0.0690. The Morgan fingerprint density at radius 1 is 1.28 bits per heavy atom. The number of benzene rings is 1. The molecule has 0 atom stereocenters. The summed E-state index contributed by atoms with van der Waals surface area (Å²) in [5, 5.41) is 9.31. The van der Waals surface area contributed by atoms with Crippen LogP contribution in [0.15, 0.2) is 36.4 Å². The van der Waals surface area contributed by atoms with Crippen molar-refractivity contribution in [3.8, 4) is 11.3 Å². The summed E-state index contributed by atoms with van der Waals surface area (Å²) < 4.78 is 0. The number of carbonyl (C=O) groups is 1. The molecule has 18 heavy (non-hydrogen) atoms. The van der Waals surface area contributed by atoms with Gasteiger partial charge in [-0.05, 0) is 24.1 Å². The molecule has 0 saturated carbocycles. The van der Waals surface area contributed by atoms with Crippen LogP contribution in [0.2, 0.25) is 5.02 Å². The maximum atomic E-state index is 10.9. The summed E-state index contributed by atoms with van der Waals surface area (Å²) in [6.45, 7) is 2.08. The number of aromatic carboxylic acids is 1. The molecule has 0 bridgehead atoms. The van der Waals surface area contributed by atoms with Crippen molar-refractivity contribution >= 4 is 17.6 Å². The normalized spacial score (nSPS) is 10.3. The van der Waals surface area contributed by atoms with Crippen LogP contribution in [0.3, 0.4) is 0 Å². The number of nitrogens with zero attached hydrogens (tertiary/aromatic N) is 1. The van der Waals surface area contributed by atoms with Gasteiger partial charge in [-0.1, -0.05) is 42.8 Å². The van der Waals surface area contributed by atoms with Crippen LogP contribution in [0.4, 0.5) is 0 Å². The maximum absolute atomic E-state index is 10.9.